The number of ether oxygens (including phenoxy) is 2. The third kappa shape index (κ3) is 5.66. The van der Waals surface area contributed by atoms with Crippen LogP contribution in [0.25, 0.3) is 0 Å². The van der Waals surface area contributed by atoms with E-state index < -0.39 is 10.0 Å². The predicted octanol–water partition coefficient (Wildman–Crippen LogP) is 2.25. The minimum absolute atomic E-state index is 0.0197. The molecule has 2 aliphatic rings. The van der Waals surface area contributed by atoms with Gasteiger partial charge in [0.15, 0.2) is 0 Å². The van der Waals surface area contributed by atoms with Crippen molar-refractivity contribution in [2.24, 2.45) is 5.92 Å². The molecule has 9 heteroatoms. The van der Waals surface area contributed by atoms with Crippen molar-refractivity contribution in [3.63, 3.8) is 0 Å². The van der Waals surface area contributed by atoms with Gasteiger partial charge in [-0.1, -0.05) is 12.1 Å². The fraction of sp³-hybridized carbons (Fsp3) is 0.458. The van der Waals surface area contributed by atoms with Gasteiger partial charge in [0, 0.05) is 44.3 Å². The van der Waals surface area contributed by atoms with E-state index in [4.69, 9.17) is 9.47 Å². The first kappa shape index (κ1) is 23.5. The number of rotatable bonds is 7. The quantitative estimate of drug-likeness (QED) is 0.664. The first-order chi connectivity index (χ1) is 16.0. The third-order valence-corrected chi connectivity index (χ3v) is 8.21. The highest BCUT2D eigenvalue weighted by molar-refractivity contribution is 7.89. The smallest absolute Gasteiger partial charge is 0.243 e. The van der Waals surface area contributed by atoms with E-state index in [0.29, 0.717) is 38.2 Å². The van der Waals surface area contributed by atoms with Gasteiger partial charge in [0.25, 0.3) is 0 Å². The van der Waals surface area contributed by atoms with E-state index in [-0.39, 0.29) is 16.7 Å². The van der Waals surface area contributed by atoms with Crippen LogP contribution in [-0.2, 0) is 26.1 Å². The van der Waals surface area contributed by atoms with Crippen LogP contribution in [0.2, 0.25) is 0 Å². The second kappa shape index (κ2) is 10.5. The molecule has 2 fully saturated rings. The van der Waals surface area contributed by atoms with Gasteiger partial charge in [-0.2, -0.15) is 4.31 Å². The summed E-state index contributed by atoms with van der Waals surface area (Å²) in [6, 6.07) is 14.6. The Morgan fingerprint density at radius 3 is 2.24 bits per heavy atom. The zero-order chi connectivity index (χ0) is 23.3. The van der Waals surface area contributed by atoms with Crippen molar-refractivity contribution >= 4 is 21.6 Å². The molecule has 0 radical (unpaired) electrons. The summed E-state index contributed by atoms with van der Waals surface area (Å²) in [4.78, 5) is 15.2. The molecule has 8 nitrogen and oxygen atoms in total. The van der Waals surface area contributed by atoms with Crippen molar-refractivity contribution in [3.05, 3.63) is 54.1 Å². The maximum absolute atomic E-state index is 12.9. The number of hydrogen-bond donors (Lipinski definition) is 1. The highest BCUT2D eigenvalue weighted by Gasteiger charge is 2.32. The average molecular weight is 474 g/mol. The molecule has 0 atom stereocenters. The fourth-order valence-corrected chi connectivity index (χ4v) is 5.70. The molecular weight excluding hydrogens is 442 g/mol. The summed E-state index contributed by atoms with van der Waals surface area (Å²) in [6.45, 7) is 4.41. The summed E-state index contributed by atoms with van der Waals surface area (Å²) >= 11 is 0. The number of carbonyl (C=O) groups excluding carboxylic acids is 1. The number of sulfonamides is 1. The Kier molecular flexibility index (Phi) is 7.52. The molecule has 4 rings (SSSR count). The number of hydrogen-bond acceptors (Lipinski definition) is 6. The molecule has 2 aromatic rings. The van der Waals surface area contributed by atoms with Crippen LogP contribution >= 0.6 is 0 Å². The number of carbonyl (C=O) groups is 1. The fourth-order valence-electron chi connectivity index (χ4n) is 4.23. The van der Waals surface area contributed by atoms with Gasteiger partial charge in [-0.3, -0.25) is 4.79 Å². The van der Waals surface area contributed by atoms with Crippen LogP contribution in [0.1, 0.15) is 18.4 Å². The van der Waals surface area contributed by atoms with Crippen LogP contribution in [-0.4, -0.2) is 65.1 Å². The van der Waals surface area contributed by atoms with Crippen LogP contribution in [0.4, 0.5) is 5.69 Å². The van der Waals surface area contributed by atoms with E-state index in [1.54, 1.807) is 31.4 Å². The Morgan fingerprint density at radius 2 is 1.64 bits per heavy atom. The molecule has 2 heterocycles. The van der Waals surface area contributed by atoms with Crippen LogP contribution in [0, 0.1) is 5.92 Å². The van der Waals surface area contributed by atoms with Gasteiger partial charge in [-0.25, -0.2) is 8.42 Å². The third-order valence-electron chi connectivity index (χ3n) is 6.30. The van der Waals surface area contributed by atoms with Crippen molar-refractivity contribution in [2.45, 2.75) is 24.3 Å². The molecule has 1 amide bonds. The largest absolute Gasteiger partial charge is 0.497 e. The van der Waals surface area contributed by atoms with Gasteiger partial charge >= 0.3 is 0 Å². The number of methoxy groups -OCH3 is 1. The lowest BCUT2D eigenvalue weighted by molar-refractivity contribution is -0.126. The van der Waals surface area contributed by atoms with Crippen LogP contribution < -0.4 is 15.0 Å². The Bertz CT molecular complexity index is 1030. The topological polar surface area (TPSA) is 88.2 Å². The molecule has 0 saturated carbocycles. The first-order valence-electron chi connectivity index (χ1n) is 11.3. The summed E-state index contributed by atoms with van der Waals surface area (Å²) in [7, 11) is -2.03. The molecule has 178 valence electrons. The molecule has 33 heavy (non-hydrogen) atoms. The van der Waals surface area contributed by atoms with Gasteiger partial charge in [0.05, 0.1) is 25.2 Å². The van der Waals surface area contributed by atoms with Crippen molar-refractivity contribution in [3.8, 4) is 5.75 Å². The monoisotopic (exact) mass is 473 g/mol. The number of piperidine rings is 1. The molecule has 0 aromatic heterocycles. The van der Waals surface area contributed by atoms with Crippen molar-refractivity contribution in [2.75, 3.05) is 51.4 Å². The van der Waals surface area contributed by atoms with Crippen molar-refractivity contribution < 1.29 is 22.7 Å². The number of anilines is 1. The summed E-state index contributed by atoms with van der Waals surface area (Å²) < 4.78 is 37.7. The minimum atomic E-state index is -3.57. The minimum Gasteiger partial charge on any atom is -0.497 e. The average Bonchev–Trinajstić information content (AvgIpc) is 2.88. The lowest BCUT2D eigenvalue weighted by atomic mass is 9.97. The van der Waals surface area contributed by atoms with E-state index >= 15 is 0 Å². The number of benzene rings is 2. The van der Waals surface area contributed by atoms with E-state index in [2.05, 4.69) is 22.3 Å². The van der Waals surface area contributed by atoms with Crippen LogP contribution in [0.3, 0.4) is 0 Å². The Labute approximate surface area is 195 Å². The zero-order valence-corrected chi connectivity index (χ0v) is 19.7. The molecular formula is C24H31N3O5S. The van der Waals surface area contributed by atoms with Gasteiger partial charge in [-0.15, -0.1) is 0 Å². The molecule has 0 unspecified atom stereocenters. The summed E-state index contributed by atoms with van der Waals surface area (Å²) in [5, 5.41) is 3.01. The van der Waals surface area contributed by atoms with E-state index in [1.807, 2.05) is 12.1 Å². The zero-order valence-electron chi connectivity index (χ0n) is 18.9. The van der Waals surface area contributed by atoms with E-state index in [1.165, 1.54) is 9.99 Å². The van der Waals surface area contributed by atoms with Crippen molar-refractivity contribution in [1.82, 2.24) is 9.62 Å². The standard InChI is InChI=1S/C24H31N3O5S/c1-31-22-6-8-23(9-7-22)33(29,30)27-12-10-20(11-13-27)24(28)25-18-19-2-4-21(5-3-19)26-14-16-32-17-15-26/h2-9,20H,10-18H2,1H3,(H,25,28). The summed E-state index contributed by atoms with van der Waals surface area (Å²) in [6.07, 6.45) is 1.02. The van der Waals surface area contributed by atoms with Gasteiger partial charge in [0.2, 0.25) is 15.9 Å². The van der Waals surface area contributed by atoms with Gasteiger partial charge in [0.1, 0.15) is 5.75 Å². The summed E-state index contributed by atoms with van der Waals surface area (Å²) in [5.74, 6) is 0.411. The Morgan fingerprint density at radius 1 is 1.00 bits per heavy atom. The Balaban J connectivity index is 1.26. The number of amides is 1. The first-order valence-corrected chi connectivity index (χ1v) is 12.7. The number of morpholine rings is 1. The van der Waals surface area contributed by atoms with Crippen molar-refractivity contribution in [1.29, 1.82) is 0 Å². The van der Waals surface area contributed by atoms with Gasteiger partial charge < -0.3 is 19.7 Å². The Hall–Kier alpha value is -2.62. The SMILES string of the molecule is COc1ccc(S(=O)(=O)N2CCC(C(=O)NCc3ccc(N4CCOCC4)cc3)CC2)cc1. The van der Waals surface area contributed by atoms with E-state index in [9.17, 15) is 13.2 Å². The van der Waals surface area contributed by atoms with Crippen LogP contribution in [0.5, 0.6) is 5.75 Å². The molecule has 2 aliphatic heterocycles. The highest BCUT2D eigenvalue weighted by Crippen LogP contribution is 2.25. The molecule has 0 bridgehead atoms. The van der Waals surface area contributed by atoms with Crippen LogP contribution in [0.15, 0.2) is 53.4 Å². The second-order valence-electron chi connectivity index (χ2n) is 8.34. The number of nitrogens with one attached hydrogen (secondary N) is 1. The normalized spacial score (nSPS) is 18.2. The molecule has 2 saturated heterocycles. The molecule has 0 aliphatic carbocycles. The maximum Gasteiger partial charge on any atom is 0.243 e. The lowest BCUT2D eigenvalue weighted by Crippen LogP contribution is -2.42. The number of nitrogens with zero attached hydrogens (tertiary/aromatic N) is 2. The summed E-state index contributed by atoms with van der Waals surface area (Å²) in [5.41, 5.74) is 2.21. The van der Waals surface area contributed by atoms with Gasteiger partial charge in [-0.05, 0) is 54.8 Å². The highest BCUT2D eigenvalue weighted by atomic mass is 32.2. The molecule has 2 aromatic carbocycles. The van der Waals surface area contributed by atoms with E-state index in [0.717, 1.165) is 31.9 Å². The maximum atomic E-state index is 12.9. The predicted molar refractivity (Wildman–Crippen MR) is 126 cm³/mol. The molecule has 1 N–H and O–H groups in total. The lowest BCUT2D eigenvalue weighted by Gasteiger charge is -2.30. The molecule has 0 spiro atoms. The second-order valence-corrected chi connectivity index (χ2v) is 10.3.